The minimum atomic E-state index is -4.33. The van der Waals surface area contributed by atoms with Crippen LogP contribution < -0.4 is 0 Å². The highest BCUT2D eigenvalue weighted by atomic mass is 19.4. The number of ether oxygens (including phenoxy) is 1. The Kier molecular flexibility index (Phi) is 3.38. The highest BCUT2D eigenvalue weighted by Crippen LogP contribution is 2.32. The number of hydrogen-bond acceptors (Lipinski definition) is 2. The largest absolute Gasteiger partial charge is 0.418 e. The van der Waals surface area contributed by atoms with E-state index in [1.807, 2.05) is 0 Å². The van der Waals surface area contributed by atoms with Gasteiger partial charge in [0.15, 0.2) is 0 Å². The lowest BCUT2D eigenvalue weighted by atomic mass is 10.1. The average molecular weight is 245 g/mol. The zero-order valence-electron chi connectivity index (χ0n) is 9.55. The van der Waals surface area contributed by atoms with Crippen molar-refractivity contribution in [3.63, 3.8) is 0 Å². The van der Waals surface area contributed by atoms with E-state index in [1.165, 1.54) is 6.07 Å². The van der Waals surface area contributed by atoms with Gasteiger partial charge in [-0.1, -0.05) is 6.92 Å². The third-order valence-corrected chi connectivity index (χ3v) is 2.66. The summed E-state index contributed by atoms with van der Waals surface area (Å²) in [5, 5.41) is 0. The normalized spacial score (nSPS) is 16.2. The maximum absolute atomic E-state index is 12.6. The third-order valence-electron chi connectivity index (χ3n) is 2.66. The number of rotatable bonds is 4. The number of hydrogen-bond donors (Lipinski definition) is 0. The minimum Gasteiger partial charge on any atom is -0.372 e. The van der Waals surface area contributed by atoms with Crippen LogP contribution >= 0.6 is 0 Å². The van der Waals surface area contributed by atoms with Gasteiger partial charge < -0.3 is 4.74 Å². The monoisotopic (exact) mass is 245 g/mol. The first-order valence-corrected chi connectivity index (χ1v) is 5.68. The predicted octanol–water partition coefficient (Wildman–Crippen LogP) is 3.34. The van der Waals surface area contributed by atoms with Crippen LogP contribution in [0.25, 0.3) is 0 Å². The molecule has 0 bridgehead atoms. The molecule has 1 fully saturated rings. The van der Waals surface area contributed by atoms with Crippen LogP contribution in [0.3, 0.4) is 0 Å². The number of nitrogens with zero attached hydrogens (tertiary/aromatic N) is 1. The highest BCUT2D eigenvalue weighted by Gasteiger charge is 2.33. The van der Waals surface area contributed by atoms with Gasteiger partial charge in [0, 0.05) is 0 Å². The number of pyridine rings is 1. The van der Waals surface area contributed by atoms with E-state index in [-0.39, 0.29) is 18.2 Å². The quantitative estimate of drug-likeness (QED) is 0.811. The molecular weight excluding hydrogens is 231 g/mol. The molecule has 0 spiro atoms. The van der Waals surface area contributed by atoms with Crippen LogP contribution in [-0.4, -0.2) is 11.1 Å². The van der Waals surface area contributed by atoms with E-state index < -0.39 is 11.7 Å². The van der Waals surface area contributed by atoms with Gasteiger partial charge in [0.05, 0.1) is 29.7 Å². The topological polar surface area (TPSA) is 22.1 Å². The molecule has 0 atom stereocenters. The Labute approximate surface area is 97.8 Å². The lowest BCUT2D eigenvalue weighted by Gasteiger charge is -2.12. The van der Waals surface area contributed by atoms with E-state index in [9.17, 15) is 13.2 Å². The molecule has 0 aliphatic heterocycles. The molecule has 0 aromatic carbocycles. The Balaban J connectivity index is 2.14. The van der Waals surface area contributed by atoms with Crippen LogP contribution in [-0.2, 0) is 23.9 Å². The maximum atomic E-state index is 12.6. The summed E-state index contributed by atoms with van der Waals surface area (Å²) < 4.78 is 43.3. The standard InChI is InChI=1S/C12H14F3NO/c1-2-11-10(12(13,14)15)6-3-8(16-11)7-17-9-4-5-9/h3,6,9H,2,4-5,7H2,1H3. The molecule has 0 unspecified atom stereocenters. The second-order valence-electron chi connectivity index (χ2n) is 4.16. The predicted molar refractivity (Wildman–Crippen MR) is 56.4 cm³/mol. The van der Waals surface area contributed by atoms with Gasteiger partial charge >= 0.3 is 6.18 Å². The fourth-order valence-corrected chi connectivity index (χ4v) is 1.59. The summed E-state index contributed by atoms with van der Waals surface area (Å²) in [5.74, 6) is 0. The zero-order chi connectivity index (χ0) is 12.5. The Morgan fingerprint density at radius 2 is 2.06 bits per heavy atom. The lowest BCUT2D eigenvalue weighted by molar-refractivity contribution is -0.138. The van der Waals surface area contributed by atoms with Crippen LogP contribution in [0.1, 0.15) is 36.7 Å². The zero-order valence-corrected chi connectivity index (χ0v) is 9.55. The van der Waals surface area contributed by atoms with E-state index in [0.29, 0.717) is 12.3 Å². The molecule has 1 aliphatic rings. The van der Waals surface area contributed by atoms with E-state index in [0.717, 1.165) is 18.9 Å². The van der Waals surface area contributed by atoms with Crippen molar-refractivity contribution in [3.05, 3.63) is 29.1 Å². The second kappa shape index (κ2) is 4.64. The average Bonchev–Trinajstić information content (AvgIpc) is 3.08. The van der Waals surface area contributed by atoms with Crippen molar-refractivity contribution >= 4 is 0 Å². The number of aryl methyl sites for hydroxylation is 1. The summed E-state index contributed by atoms with van der Waals surface area (Å²) in [7, 11) is 0. The lowest BCUT2D eigenvalue weighted by Crippen LogP contribution is -2.12. The molecule has 2 rings (SSSR count). The highest BCUT2D eigenvalue weighted by molar-refractivity contribution is 5.25. The Morgan fingerprint density at radius 3 is 2.59 bits per heavy atom. The van der Waals surface area contributed by atoms with Crippen molar-refractivity contribution in [3.8, 4) is 0 Å². The van der Waals surface area contributed by atoms with Crippen LogP contribution in [0, 0.1) is 0 Å². The number of halogens is 3. The van der Waals surface area contributed by atoms with Gasteiger partial charge in [0.2, 0.25) is 0 Å². The van der Waals surface area contributed by atoms with E-state index in [4.69, 9.17) is 4.74 Å². The summed E-state index contributed by atoms with van der Waals surface area (Å²) >= 11 is 0. The van der Waals surface area contributed by atoms with Crippen molar-refractivity contribution in [2.75, 3.05) is 0 Å². The van der Waals surface area contributed by atoms with Crippen molar-refractivity contribution in [2.24, 2.45) is 0 Å². The molecule has 0 N–H and O–H groups in total. The molecule has 17 heavy (non-hydrogen) atoms. The van der Waals surface area contributed by atoms with Crippen molar-refractivity contribution in [1.82, 2.24) is 4.98 Å². The number of aromatic nitrogens is 1. The summed E-state index contributed by atoms with van der Waals surface area (Å²) in [5.41, 5.74) is 0.0197. The van der Waals surface area contributed by atoms with Gasteiger partial charge in [0.1, 0.15) is 0 Å². The third kappa shape index (κ3) is 3.19. The summed E-state index contributed by atoms with van der Waals surface area (Å²) in [6.07, 6.45) is -1.69. The van der Waals surface area contributed by atoms with Gasteiger partial charge in [-0.3, -0.25) is 4.98 Å². The van der Waals surface area contributed by atoms with Crippen LogP contribution in [0.2, 0.25) is 0 Å². The maximum Gasteiger partial charge on any atom is 0.418 e. The molecule has 1 saturated carbocycles. The molecule has 1 heterocycles. The molecule has 5 heteroatoms. The van der Waals surface area contributed by atoms with Crippen LogP contribution in [0.5, 0.6) is 0 Å². The van der Waals surface area contributed by atoms with E-state index in [2.05, 4.69) is 4.98 Å². The molecule has 0 amide bonds. The molecule has 2 nitrogen and oxygen atoms in total. The molecule has 1 aliphatic carbocycles. The van der Waals surface area contributed by atoms with Crippen molar-refractivity contribution in [1.29, 1.82) is 0 Å². The molecule has 1 aromatic heterocycles. The Bertz CT molecular complexity index is 399. The molecule has 1 aromatic rings. The second-order valence-corrected chi connectivity index (χ2v) is 4.16. The smallest absolute Gasteiger partial charge is 0.372 e. The minimum absolute atomic E-state index is 0.0920. The van der Waals surface area contributed by atoms with Crippen LogP contribution in [0.4, 0.5) is 13.2 Å². The molecule has 0 saturated heterocycles. The SMILES string of the molecule is CCc1nc(COC2CC2)ccc1C(F)(F)F. The first-order valence-electron chi connectivity index (χ1n) is 5.68. The first-order chi connectivity index (χ1) is 8.00. The van der Waals surface area contributed by atoms with Gasteiger partial charge in [0.25, 0.3) is 0 Å². The van der Waals surface area contributed by atoms with Gasteiger partial charge in [-0.2, -0.15) is 13.2 Å². The number of alkyl halides is 3. The summed E-state index contributed by atoms with van der Waals surface area (Å²) in [4.78, 5) is 4.01. The first kappa shape index (κ1) is 12.4. The van der Waals surface area contributed by atoms with Crippen molar-refractivity contribution in [2.45, 2.75) is 45.1 Å². The Hall–Kier alpha value is -1.10. The van der Waals surface area contributed by atoms with Crippen molar-refractivity contribution < 1.29 is 17.9 Å². The Morgan fingerprint density at radius 1 is 1.35 bits per heavy atom. The van der Waals surface area contributed by atoms with Gasteiger partial charge in [-0.15, -0.1) is 0 Å². The molecule has 94 valence electrons. The van der Waals surface area contributed by atoms with Gasteiger partial charge in [-0.05, 0) is 31.4 Å². The van der Waals surface area contributed by atoms with Crippen LogP contribution in [0.15, 0.2) is 12.1 Å². The van der Waals surface area contributed by atoms with Gasteiger partial charge in [-0.25, -0.2) is 0 Å². The fourth-order valence-electron chi connectivity index (χ4n) is 1.59. The summed E-state index contributed by atoms with van der Waals surface area (Å²) in [6, 6.07) is 2.49. The van der Waals surface area contributed by atoms with E-state index in [1.54, 1.807) is 6.92 Å². The molecular formula is C12H14F3NO. The van der Waals surface area contributed by atoms with E-state index >= 15 is 0 Å². The summed E-state index contributed by atoms with van der Waals surface area (Å²) in [6.45, 7) is 1.97. The fraction of sp³-hybridized carbons (Fsp3) is 0.583. The molecule has 0 radical (unpaired) electrons.